The Kier molecular flexibility index (Phi) is 3.22. The molecule has 0 aromatic rings. The molecule has 2 aliphatic rings. The van der Waals surface area contributed by atoms with Crippen LogP contribution in [0.3, 0.4) is 0 Å². The molecule has 2 rings (SSSR count). The van der Waals surface area contributed by atoms with Crippen molar-refractivity contribution in [3.63, 3.8) is 0 Å². The number of hydrogen-bond donors (Lipinski definition) is 1. The van der Waals surface area contributed by atoms with Crippen LogP contribution in [0.15, 0.2) is 0 Å². The fraction of sp³-hybridized carbons (Fsp3) is 0.917. The molecule has 2 N–H and O–H groups in total. The van der Waals surface area contributed by atoms with E-state index in [1.807, 2.05) is 11.8 Å². The standard InChI is InChI=1S/C12H23N3O/c1-3-12(13)8-15(9-12)10(2)11(16)14-6-4-5-7-14/h10H,3-9,13H2,1-2H3. The van der Waals surface area contributed by atoms with E-state index in [9.17, 15) is 4.79 Å². The number of likely N-dealkylation sites (tertiary alicyclic amines) is 2. The molecule has 0 aromatic heterocycles. The van der Waals surface area contributed by atoms with Crippen molar-refractivity contribution in [3.05, 3.63) is 0 Å². The molecule has 1 atom stereocenters. The Balaban J connectivity index is 1.84. The minimum Gasteiger partial charge on any atom is -0.341 e. The van der Waals surface area contributed by atoms with Gasteiger partial charge in [-0.3, -0.25) is 9.69 Å². The molecule has 4 heteroatoms. The van der Waals surface area contributed by atoms with Gasteiger partial charge in [-0.1, -0.05) is 6.92 Å². The largest absolute Gasteiger partial charge is 0.341 e. The van der Waals surface area contributed by atoms with Crippen LogP contribution in [0.4, 0.5) is 0 Å². The Morgan fingerprint density at radius 3 is 2.44 bits per heavy atom. The van der Waals surface area contributed by atoms with E-state index in [-0.39, 0.29) is 17.5 Å². The van der Waals surface area contributed by atoms with E-state index in [4.69, 9.17) is 5.73 Å². The van der Waals surface area contributed by atoms with Gasteiger partial charge in [0, 0.05) is 31.7 Å². The average Bonchev–Trinajstić information content (AvgIpc) is 2.76. The highest BCUT2D eigenvalue weighted by atomic mass is 16.2. The van der Waals surface area contributed by atoms with Crippen LogP contribution in [-0.2, 0) is 4.79 Å². The summed E-state index contributed by atoms with van der Waals surface area (Å²) < 4.78 is 0. The third-order valence-corrected chi connectivity index (χ3v) is 4.06. The summed E-state index contributed by atoms with van der Waals surface area (Å²) in [7, 11) is 0. The quantitative estimate of drug-likeness (QED) is 0.757. The van der Waals surface area contributed by atoms with E-state index >= 15 is 0 Å². The Bertz CT molecular complexity index is 267. The van der Waals surface area contributed by atoms with Gasteiger partial charge in [0.1, 0.15) is 0 Å². The highest BCUT2D eigenvalue weighted by Crippen LogP contribution is 2.25. The van der Waals surface area contributed by atoms with Gasteiger partial charge in [0.15, 0.2) is 0 Å². The molecule has 2 saturated heterocycles. The third-order valence-electron chi connectivity index (χ3n) is 4.06. The molecule has 4 nitrogen and oxygen atoms in total. The summed E-state index contributed by atoms with van der Waals surface area (Å²) in [6.07, 6.45) is 3.32. The summed E-state index contributed by atoms with van der Waals surface area (Å²) in [6.45, 7) is 7.74. The van der Waals surface area contributed by atoms with Crippen LogP contribution in [-0.4, -0.2) is 53.5 Å². The van der Waals surface area contributed by atoms with Crippen LogP contribution in [0.2, 0.25) is 0 Å². The Morgan fingerprint density at radius 2 is 1.94 bits per heavy atom. The van der Waals surface area contributed by atoms with Crippen molar-refractivity contribution < 1.29 is 4.79 Å². The first kappa shape index (κ1) is 11.9. The number of carbonyl (C=O) groups excluding carboxylic acids is 1. The van der Waals surface area contributed by atoms with Crippen molar-refractivity contribution in [1.82, 2.24) is 9.80 Å². The van der Waals surface area contributed by atoms with Crippen LogP contribution in [0.5, 0.6) is 0 Å². The van der Waals surface area contributed by atoms with Gasteiger partial charge >= 0.3 is 0 Å². The van der Waals surface area contributed by atoms with Crippen LogP contribution in [0.25, 0.3) is 0 Å². The van der Waals surface area contributed by atoms with Crippen molar-refractivity contribution in [2.24, 2.45) is 5.73 Å². The number of nitrogens with two attached hydrogens (primary N) is 1. The first-order chi connectivity index (χ1) is 7.56. The zero-order valence-electron chi connectivity index (χ0n) is 10.4. The Hall–Kier alpha value is -0.610. The molecule has 0 aromatic carbocycles. The lowest BCUT2D eigenvalue weighted by Crippen LogP contribution is -2.70. The minimum absolute atomic E-state index is 0.0151. The van der Waals surface area contributed by atoms with Crippen LogP contribution < -0.4 is 5.73 Å². The molecule has 0 radical (unpaired) electrons. The molecule has 1 unspecified atom stereocenters. The molecule has 16 heavy (non-hydrogen) atoms. The van der Waals surface area contributed by atoms with E-state index < -0.39 is 0 Å². The number of rotatable bonds is 3. The van der Waals surface area contributed by atoms with E-state index in [0.717, 1.165) is 45.4 Å². The second kappa shape index (κ2) is 4.34. The molecule has 0 saturated carbocycles. The second-order valence-corrected chi connectivity index (χ2v) is 5.33. The van der Waals surface area contributed by atoms with Gasteiger partial charge in [0.05, 0.1) is 6.04 Å². The molecule has 0 bridgehead atoms. The molecule has 92 valence electrons. The van der Waals surface area contributed by atoms with Crippen molar-refractivity contribution >= 4 is 5.91 Å². The molecule has 2 fully saturated rings. The summed E-state index contributed by atoms with van der Waals surface area (Å²) >= 11 is 0. The number of amides is 1. The molecule has 1 amide bonds. The number of nitrogens with zero attached hydrogens (tertiary/aromatic N) is 2. The lowest BCUT2D eigenvalue weighted by molar-refractivity contribution is -0.138. The molecule has 0 spiro atoms. The Labute approximate surface area is 97.8 Å². The normalized spacial score (nSPS) is 26.6. The predicted molar refractivity (Wildman–Crippen MR) is 64.1 cm³/mol. The molecule has 0 aliphatic carbocycles. The topological polar surface area (TPSA) is 49.6 Å². The SMILES string of the molecule is CCC1(N)CN(C(C)C(=O)N2CCCC2)C1. The van der Waals surface area contributed by atoms with Crippen molar-refractivity contribution in [1.29, 1.82) is 0 Å². The Morgan fingerprint density at radius 1 is 1.38 bits per heavy atom. The van der Waals surface area contributed by atoms with Gasteiger partial charge in [-0.05, 0) is 26.2 Å². The van der Waals surface area contributed by atoms with E-state index in [2.05, 4.69) is 11.8 Å². The summed E-state index contributed by atoms with van der Waals surface area (Å²) in [4.78, 5) is 16.3. The lowest BCUT2D eigenvalue weighted by atomic mass is 9.87. The maximum Gasteiger partial charge on any atom is 0.239 e. The number of carbonyl (C=O) groups is 1. The fourth-order valence-corrected chi connectivity index (χ4v) is 2.62. The van der Waals surface area contributed by atoms with Crippen LogP contribution >= 0.6 is 0 Å². The van der Waals surface area contributed by atoms with Gasteiger partial charge in [0.25, 0.3) is 0 Å². The number of hydrogen-bond acceptors (Lipinski definition) is 3. The monoisotopic (exact) mass is 225 g/mol. The summed E-state index contributed by atoms with van der Waals surface area (Å²) in [5, 5.41) is 0. The van der Waals surface area contributed by atoms with Gasteiger partial charge in [-0.2, -0.15) is 0 Å². The molecule has 2 heterocycles. The maximum atomic E-state index is 12.1. The first-order valence-electron chi connectivity index (χ1n) is 6.37. The summed E-state index contributed by atoms with van der Waals surface area (Å²) in [5.74, 6) is 0.288. The van der Waals surface area contributed by atoms with Crippen LogP contribution in [0, 0.1) is 0 Å². The zero-order valence-corrected chi connectivity index (χ0v) is 10.4. The highest BCUT2D eigenvalue weighted by molar-refractivity contribution is 5.81. The van der Waals surface area contributed by atoms with Crippen molar-refractivity contribution in [2.75, 3.05) is 26.2 Å². The van der Waals surface area contributed by atoms with E-state index in [0.29, 0.717) is 0 Å². The van der Waals surface area contributed by atoms with E-state index in [1.54, 1.807) is 0 Å². The second-order valence-electron chi connectivity index (χ2n) is 5.33. The van der Waals surface area contributed by atoms with Crippen molar-refractivity contribution in [2.45, 2.75) is 44.7 Å². The fourth-order valence-electron chi connectivity index (χ4n) is 2.62. The average molecular weight is 225 g/mol. The van der Waals surface area contributed by atoms with Gasteiger partial charge < -0.3 is 10.6 Å². The summed E-state index contributed by atoms with van der Waals surface area (Å²) in [6, 6.07) is 0.0151. The van der Waals surface area contributed by atoms with Crippen LogP contribution in [0.1, 0.15) is 33.1 Å². The van der Waals surface area contributed by atoms with Gasteiger partial charge in [0.2, 0.25) is 5.91 Å². The minimum atomic E-state index is -0.0421. The maximum absolute atomic E-state index is 12.1. The summed E-state index contributed by atoms with van der Waals surface area (Å²) in [5.41, 5.74) is 6.08. The highest BCUT2D eigenvalue weighted by Gasteiger charge is 2.42. The van der Waals surface area contributed by atoms with Crippen molar-refractivity contribution in [3.8, 4) is 0 Å². The molecular weight excluding hydrogens is 202 g/mol. The van der Waals surface area contributed by atoms with E-state index in [1.165, 1.54) is 0 Å². The third kappa shape index (κ3) is 2.09. The molecular formula is C12H23N3O. The first-order valence-corrected chi connectivity index (χ1v) is 6.37. The van der Waals surface area contributed by atoms with Gasteiger partial charge in [-0.25, -0.2) is 0 Å². The zero-order chi connectivity index (χ0) is 11.8. The smallest absolute Gasteiger partial charge is 0.239 e. The van der Waals surface area contributed by atoms with Gasteiger partial charge in [-0.15, -0.1) is 0 Å². The lowest BCUT2D eigenvalue weighted by Gasteiger charge is -2.50. The molecule has 2 aliphatic heterocycles. The predicted octanol–water partition coefficient (Wildman–Crippen LogP) is 0.420.